The van der Waals surface area contributed by atoms with Crippen molar-refractivity contribution in [2.45, 2.75) is 25.8 Å². The van der Waals surface area contributed by atoms with Gasteiger partial charge >= 0.3 is 0 Å². The Bertz CT molecular complexity index is 562. The monoisotopic (exact) mass is 311 g/mol. The van der Waals surface area contributed by atoms with E-state index < -0.39 is 4.92 Å². The number of hydrogen-bond donors (Lipinski definition) is 1. The van der Waals surface area contributed by atoms with Gasteiger partial charge in [-0.15, -0.1) is 0 Å². The first-order chi connectivity index (χ1) is 9.90. The van der Waals surface area contributed by atoms with Crippen LogP contribution in [-0.2, 0) is 0 Å². The van der Waals surface area contributed by atoms with E-state index >= 15 is 0 Å². The number of likely N-dealkylation sites (tertiary alicyclic amines) is 1. The third kappa shape index (κ3) is 3.51. The fraction of sp³-hybridized carbons (Fsp3) is 0.500. The molecule has 6 nitrogen and oxygen atoms in total. The minimum absolute atomic E-state index is 0.0351. The van der Waals surface area contributed by atoms with E-state index in [2.05, 4.69) is 0 Å². The minimum atomic E-state index is -0.535. The molecule has 2 N–H and O–H groups in total. The molecule has 0 spiro atoms. The second-order valence-electron chi connectivity index (χ2n) is 5.43. The van der Waals surface area contributed by atoms with Gasteiger partial charge in [0.15, 0.2) is 0 Å². The van der Waals surface area contributed by atoms with E-state index in [-0.39, 0.29) is 28.6 Å². The number of halogens is 1. The fourth-order valence-corrected chi connectivity index (χ4v) is 2.84. The van der Waals surface area contributed by atoms with Crippen molar-refractivity contribution < 1.29 is 9.72 Å². The zero-order chi connectivity index (χ0) is 15.6. The third-order valence-corrected chi connectivity index (χ3v) is 4.20. The number of benzene rings is 1. The first-order valence-electron chi connectivity index (χ1n) is 6.89. The van der Waals surface area contributed by atoms with E-state index in [0.717, 1.165) is 12.8 Å². The number of piperidine rings is 1. The molecule has 2 rings (SSSR count). The van der Waals surface area contributed by atoms with Crippen molar-refractivity contribution >= 4 is 23.2 Å². The third-order valence-electron chi connectivity index (χ3n) is 3.88. The van der Waals surface area contributed by atoms with E-state index in [0.29, 0.717) is 18.7 Å². The average Bonchev–Trinajstić information content (AvgIpc) is 2.46. The first kappa shape index (κ1) is 15.7. The molecule has 0 saturated carbocycles. The molecular weight excluding hydrogens is 294 g/mol. The predicted molar refractivity (Wildman–Crippen MR) is 80.4 cm³/mol. The van der Waals surface area contributed by atoms with Crippen molar-refractivity contribution in [3.8, 4) is 0 Å². The van der Waals surface area contributed by atoms with Crippen molar-refractivity contribution in [3.63, 3.8) is 0 Å². The van der Waals surface area contributed by atoms with E-state index in [9.17, 15) is 14.9 Å². The summed E-state index contributed by atoms with van der Waals surface area (Å²) in [6, 6.07) is 3.96. The maximum atomic E-state index is 12.5. The number of hydrogen-bond acceptors (Lipinski definition) is 4. The molecule has 1 aliphatic rings. The summed E-state index contributed by atoms with van der Waals surface area (Å²) < 4.78 is 0. The molecule has 1 fully saturated rings. The van der Waals surface area contributed by atoms with Crippen LogP contribution >= 0.6 is 11.6 Å². The summed E-state index contributed by atoms with van der Waals surface area (Å²) in [6.07, 6.45) is 1.91. The highest BCUT2D eigenvalue weighted by atomic mass is 35.5. The Morgan fingerprint density at radius 2 is 2.29 bits per heavy atom. The van der Waals surface area contributed by atoms with Gasteiger partial charge in [0.25, 0.3) is 11.6 Å². The summed E-state index contributed by atoms with van der Waals surface area (Å²) in [5, 5.41) is 10.8. The van der Waals surface area contributed by atoms with E-state index in [1.165, 1.54) is 18.2 Å². The summed E-state index contributed by atoms with van der Waals surface area (Å²) in [4.78, 5) is 24.4. The molecule has 7 heteroatoms. The Labute approximate surface area is 128 Å². The van der Waals surface area contributed by atoms with Gasteiger partial charge in [-0.2, -0.15) is 0 Å². The number of amides is 1. The molecule has 114 valence electrons. The van der Waals surface area contributed by atoms with Crippen LogP contribution in [0.2, 0.25) is 5.02 Å². The highest BCUT2D eigenvalue weighted by molar-refractivity contribution is 6.34. The molecular formula is C14H18ClN3O3. The van der Waals surface area contributed by atoms with Crippen LogP contribution in [0, 0.1) is 16.0 Å². The van der Waals surface area contributed by atoms with Gasteiger partial charge in [0.1, 0.15) is 0 Å². The van der Waals surface area contributed by atoms with Crippen LogP contribution in [0.3, 0.4) is 0 Å². The molecule has 2 unspecified atom stereocenters. The zero-order valence-corrected chi connectivity index (χ0v) is 12.5. The molecule has 21 heavy (non-hydrogen) atoms. The quantitative estimate of drug-likeness (QED) is 0.686. The summed E-state index contributed by atoms with van der Waals surface area (Å²) >= 11 is 6.01. The largest absolute Gasteiger partial charge is 0.338 e. The summed E-state index contributed by atoms with van der Waals surface area (Å²) in [5.74, 6) is 0.0831. The molecule has 1 heterocycles. The lowest BCUT2D eigenvalue weighted by Crippen LogP contribution is -2.45. The van der Waals surface area contributed by atoms with Crippen LogP contribution in [0.1, 0.15) is 30.1 Å². The first-order valence-corrected chi connectivity index (χ1v) is 7.26. The lowest BCUT2D eigenvalue weighted by molar-refractivity contribution is -0.384. The van der Waals surface area contributed by atoms with E-state index in [1.54, 1.807) is 4.90 Å². The number of nitrogens with zero attached hydrogens (tertiary/aromatic N) is 2. The SMILES string of the molecule is CC(N)C1CCCN(C(=O)c2ccc([N+](=O)[O-])cc2Cl)C1. The maximum Gasteiger partial charge on any atom is 0.270 e. The molecule has 1 saturated heterocycles. The highest BCUT2D eigenvalue weighted by Gasteiger charge is 2.27. The second-order valence-corrected chi connectivity index (χ2v) is 5.84. The lowest BCUT2D eigenvalue weighted by atomic mass is 9.92. The van der Waals surface area contributed by atoms with Crippen LogP contribution in [0.15, 0.2) is 18.2 Å². The lowest BCUT2D eigenvalue weighted by Gasteiger charge is -2.34. The van der Waals surface area contributed by atoms with Crippen molar-refractivity contribution in [1.82, 2.24) is 4.90 Å². The molecule has 1 aliphatic heterocycles. The smallest absolute Gasteiger partial charge is 0.270 e. The summed E-state index contributed by atoms with van der Waals surface area (Å²) in [5.41, 5.74) is 6.09. The van der Waals surface area contributed by atoms with Gasteiger partial charge in [-0.3, -0.25) is 14.9 Å². The maximum absolute atomic E-state index is 12.5. The topological polar surface area (TPSA) is 89.5 Å². The Morgan fingerprint density at radius 1 is 1.57 bits per heavy atom. The van der Waals surface area contributed by atoms with Gasteiger partial charge in [0, 0.05) is 31.3 Å². The van der Waals surface area contributed by atoms with Gasteiger partial charge in [0.2, 0.25) is 0 Å². The van der Waals surface area contributed by atoms with Crippen LogP contribution < -0.4 is 5.73 Å². The molecule has 1 aromatic carbocycles. The van der Waals surface area contributed by atoms with E-state index in [1.807, 2.05) is 6.92 Å². The Hall–Kier alpha value is -1.66. The highest BCUT2D eigenvalue weighted by Crippen LogP contribution is 2.26. The van der Waals surface area contributed by atoms with Gasteiger partial charge in [0.05, 0.1) is 15.5 Å². The second kappa shape index (κ2) is 6.41. The number of carbonyl (C=O) groups excluding carboxylic acids is 1. The van der Waals surface area contributed by atoms with Crippen molar-refractivity contribution in [1.29, 1.82) is 0 Å². The average molecular weight is 312 g/mol. The predicted octanol–water partition coefficient (Wildman–Crippen LogP) is 2.45. The standard InChI is InChI=1S/C14H18ClN3O3/c1-9(16)10-3-2-6-17(8-10)14(19)12-5-4-11(18(20)21)7-13(12)15/h4-5,7,9-10H,2-3,6,8,16H2,1H3. The van der Waals surface area contributed by atoms with Crippen LogP contribution in [-0.4, -0.2) is 34.9 Å². The van der Waals surface area contributed by atoms with Gasteiger partial charge in [-0.25, -0.2) is 0 Å². The van der Waals surface area contributed by atoms with Crippen LogP contribution in [0.4, 0.5) is 5.69 Å². The Kier molecular flexibility index (Phi) is 4.80. The van der Waals surface area contributed by atoms with Crippen LogP contribution in [0.5, 0.6) is 0 Å². The molecule has 0 bridgehead atoms. The number of nitro benzene ring substituents is 1. The number of nitro groups is 1. The molecule has 0 aromatic heterocycles. The number of carbonyl (C=O) groups is 1. The molecule has 1 aromatic rings. The summed E-state index contributed by atoms with van der Waals surface area (Å²) in [7, 11) is 0. The fourth-order valence-electron chi connectivity index (χ4n) is 2.58. The van der Waals surface area contributed by atoms with Crippen molar-refractivity contribution in [2.24, 2.45) is 11.7 Å². The van der Waals surface area contributed by atoms with Crippen molar-refractivity contribution in [3.05, 3.63) is 38.9 Å². The molecule has 0 radical (unpaired) electrons. The molecule has 1 amide bonds. The normalized spacial score (nSPS) is 20.1. The van der Waals surface area contributed by atoms with Gasteiger partial charge in [-0.1, -0.05) is 11.6 Å². The number of nitrogens with two attached hydrogens (primary N) is 1. The van der Waals surface area contributed by atoms with Gasteiger partial charge < -0.3 is 10.6 Å². The van der Waals surface area contributed by atoms with E-state index in [4.69, 9.17) is 17.3 Å². The number of non-ortho nitro benzene ring substituents is 1. The van der Waals surface area contributed by atoms with Crippen LogP contribution in [0.25, 0.3) is 0 Å². The van der Waals surface area contributed by atoms with Gasteiger partial charge in [-0.05, 0) is 31.7 Å². The van der Waals surface area contributed by atoms with Crippen molar-refractivity contribution in [2.75, 3.05) is 13.1 Å². The Morgan fingerprint density at radius 3 is 2.86 bits per heavy atom. The minimum Gasteiger partial charge on any atom is -0.338 e. The summed E-state index contributed by atoms with van der Waals surface area (Å²) in [6.45, 7) is 3.21. The Balaban J connectivity index is 2.18. The zero-order valence-electron chi connectivity index (χ0n) is 11.8. The number of rotatable bonds is 3. The molecule has 0 aliphatic carbocycles. The molecule has 2 atom stereocenters.